The first-order valence-corrected chi connectivity index (χ1v) is 7.93. The minimum absolute atomic E-state index is 0.145. The summed E-state index contributed by atoms with van der Waals surface area (Å²) in [5.41, 5.74) is -0.553. The molecule has 0 aromatic heterocycles. The average Bonchev–Trinajstić information content (AvgIpc) is 2.07. The zero-order chi connectivity index (χ0) is 13.7. The van der Waals surface area contributed by atoms with E-state index in [0.29, 0.717) is 19.5 Å². The van der Waals surface area contributed by atoms with Gasteiger partial charge < -0.3 is 9.64 Å². The highest BCUT2D eigenvalue weighted by atomic mass is 35.7. The Labute approximate surface area is 107 Å². The van der Waals surface area contributed by atoms with Crippen LogP contribution >= 0.6 is 10.7 Å². The molecule has 0 rings (SSSR count). The lowest BCUT2D eigenvalue weighted by molar-refractivity contribution is 0.0260. The fraction of sp³-hybridized carbons (Fsp3) is 0.900. The van der Waals surface area contributed by atoms with Crippen molar-refractivity contribution in [2.75, 3.05) is 18.8 Å². The van der Waals surface area contributed by atoms with Crippen molar-refractivity contribution in [3.05, 3.63) is 0 Å². The van der Waals surface area contributed by atoms with E-state index in [2.05, 4.69) is 0 Å². The molecule has 0 heterocycles. The quantitative estimate of drug-likeness (QED) is 0.727. The molecule has 0 aromatic rings. The first-order valence-electron chi connectivity index (χ1n) is 5.45. The van der Waals surface area contributed by atoms with Crippen molar-refractivity contribution >= 4 is 25.8 Å². The van der Waals surface area contributed by atoms with Gasteiger partial charge in [-0.1, -0.05) is 0 Å². The number of carbonyl (C=O) groups is 1. The number of hydrogen-bond donors (Lipinski definition) is 0. The molecule has 0 aromatic carbocycles. The van der Waals surface area contributed by atoms with E-state index >= 15 is 0 Å². The molecule has 1 amide bonds. The van der Waals surface area contributed by atoms with Crippen LogP contribution in [0.1, 0.15) is 34.1 Å². The summed E-state index contributed by atoms with van der Waals surface area (Å²) in [7, 11) is 1.59. The molecule has 0 unspecified atom stereocenters. The van der Waals surface area contributed by atoms with Crippen LogP contribution in [0.5, 0.6) is 0 Å². The van der Waals surface area contributed by atoms with Gasteiger partial charge in [0, 0.05) is 23.8 Å². The maximum absolute atomic E-state index is 11.7. The van der Waals surface area contributed by atoms with Crippen LogP contribution in [0.15, 0.2) is 0 Å². The first-order chi connectivity index (χ1) is 7.55. The van der Waals surface area contributed by atoms with Crippen molar-refractivity contribution < 1.29 is 17.9 Å². The third-order valence-corrected chi connectivity index (χ3v) is 3.09. The second-order valence-corrected chi connectivity index (χ2v) is 7.55. The molecule has 0 saturated heterocycles. The van der Waals surface area contributed by atoms with Crippen LogP contribution in [0.3, 0.4) is 0 Å². The number of amides is 1. The summed E-state index contributed by atoms with van der Waals surface area (Å²) < 4.78 is 26.6. The van der Waals surface area contributed by atoms with E-state index in [1.165, 1.54) is 4.90 Å². The smallest absolute Gasteiger partial charge is 0.410 e. The fourth-order valence-corrected chi connectivity index (χ4v) is 1.93. The lowest BCUT2D eigenvalue weighted by Crippen LogP contribution is -2.37. The predicted octanol–water partition coefficient (Wildman–Crippen LogP) is 2.20. The van der Waals surface area contributed by atoms with Crippen molar-refractivity contribution in [3.8, 4) is 0 Å². The molecule has 102 valence electrons. The van der Waals surface area contributed by atoms with E-state index in [4.69, 9.17) is 15.4 Å². The molecular formula is C10H20ClNO4S. The Hall–Kier alpha value is -0.490. The Kier molecular flexibility index (Phi) is 6.26. The number of halogens is 1. The Morgan fingerprint density at radius 2 is 1.88 bits per heavy atom. The van der Waals surface area contributed by atoms with Crippen LogP contribution in [-0.4, -0.2) is 43.9 Å². The topological polar surface area (TPSA) is 63.7 Å². The third kappa shape index (κ3) is 9.23. The molecule has 0 aliphatic heterocycles. The zero-order valence-corrected chi connectivity index (χ0v) is 12.3. The van der Waals surface area contributed by atoms with Crippen molar-refractivity contribution in [2.24, 2.45) is 0 Å². The Morgan fingerprint density at radius 1 is 1.35 bits per heavy atom. The normalized spacial score (nSPS) is 12.3. The molecule has 0 bridgehead atoms. The minimum Gasteiger partial charge on any atom is -0.444 e. The van der Waals surface area contributed by atoms with E-state index in [1.807, 2.05) is 0 Å². The van der Waals surface area contributed by atoms with Crippen LogP contribution in [-0.2, 0) is 13.8 Å². The van der Waals surface area contributed by atoms with Crippen LogP contribution in [0.2, 0.25) is 0 Å². The lowest BCUT2D eigenvalue weighted by atomic mass is 10.2. The maximum atomic E-state index is 11.7. The van der Waals surface area contributed by atoms with Gasteiger partial charge in [0.1, 0.15) is 5.60 Å². The average molecular weight is 286 g/mol. The third-order valence-electron chi connectivity index (χ3n) is 1.85. The maximum Gasteiger partial charge on any atom is 0.410 e. The molecule has 0 radical (unpaired) electrons. The Balaban J connectivity index is 4.20. The second-order valence-electron chi connectivity index (χ2n) is 4.66. The lowest BCUT2D eigenvalue weighted by Gasteiger charge is -2.26. The molecule has 0 aliphatic rings. The highest BCUT2D eigenvalue weighted by Gasteiger charge is 2.21. The van der Waals surface area contributed by atoms with Crippen LogP contribution < -0.4 is 0 Å². The summed E-state index contributed by atoms with van der Waals surface area (Å²) in [5, 5.41) is 0. The van der Waals surface area contributed by atoms with E-state index in [0.717, 1.165) is 0 Å². The van der Waals surface area contributed by atoms with Gasteiger partial charge in [-0.3, -0.25) is 0 Å². The monoisotopic (exact) mass is 285 g/mol. The van der Waals surface area contributed by atoms with Gasteiger partial charge in [-0.2, -0.15) is 0 Å². The minimum atomic E-state index is -3.50. The van der Waals surface area contributed by atoms with E-state index in [9.17, 15) is 13.2 Å². The number of nitrogens with zero attached hydrogens (tertiary/aromatic N) is 1. The van der Waals surface area contributed by atoms with Crippen molar-refractivity contribution in [2.45, 2.75) is 39.7 Å². The number of carbonyl (C=O) groups excluding carboxylic acids is 1. The molecule has 0 saturated carbocycles. The van der Waals surface area contributed by atoms with Gasteiger partial charge in [-0.05, 0) is 34.1 Å². The molecule has 5 nitrogen and oxygen atoms in total. The van der Waals surface area contributed by atoms with Crippen LogP contribution in [0.25, 0.3) is 0 Å². The van der Waals surface area contributed by atoms with E-state index in [-0.39, 0.29) is 5.75 Å². The van der Waals surface area contributed by atoms with E-state index in [1.54, 1.807) is 27.7 Å². The van der Waals surface area contributed by atoms with Gasteiger partial charge >= 0.3 is 6.09 Å². The van der Waals surface area contributed by atoms with Crippen LogP contribution in [0.4, 0.5) is 4.79 Å². The van der Waals surface area contributed by atoms with Gasteiger partial charge in [0.05, 0.1) is 5.75 Å². The molecule has 17 heavy (non-hydrogen) atoms. The standard InChI is InChI=1S/C10H20ClNO4S/c1-5-12(7-6-8-17(11,14)15)9(13)16-10(2,3)4/h5-8H2,1-4H3. The molecule has 7 heteroatoms. The molecule has 0 atom stereocenters. The Morgan fingerprint density at radius 3 is 2.24 bits per heavy atom. The highest BCUT2D eigenvalue weighted by molar-refractivity contribution is 8.13. The van der Waals surface area contributed by atoms with Crippen LogP contribution in [0, 0.1) is 0 Å². The van der Waals surface area contributed by atoms with Crippen molar-refractivity contribution in [1.82, 2.24) is 4.90 Å². The zero-order valence-electron chi connectivity index (χ0n) is 10.7. The number of ether oxygens (including phenoxy) is 1. The highest BCUT2D eigenvalue weighted by Crippen LogP contribution is 2.10. The largest absolute Gasteiger partial charge is 0.444 e. The molecule has 0 aliphatic carbocycles. The van der Waals surface area contributed by atoms with Gasteiger partial charge in [-0.25, -0.2) is 13.2 Å². The van der Waals surface area contributed by atoms with Gasteiger partial charge in [0.15, 0.2) is 0 Å². The molecule has 0 N–H and O–H groups in total. The van der Waals surface area contributed by atoms with Crippen molar-refractivity contribution in [3.63, 3.8) is 0 Å². The summed E-state index contributed by atoms with van der Waals surface area (Å²) in [4.78, 5) is 13.1. The number of rotatable bonds is 5. The van der Waals surface area contributed by atoms with Gasteiger partial charge in [0.2, 0.25) is 9.05 Å². The SMILES string of the molecule is CCN(CCCS(=O)(=O)Cl)C(=O)OC(C)(C)C. The summed E-state index contributed by atoms with van der Waals surface area (Å²) in [6.07, 6.45) is -0.134. The van der Waals surface area contributed by atoms with Gasteiger partial charge in [0.25, 0.3) is 0 Å². The number of hydrogen-bond acceptors (Lipinski definition) is 4. The fourth-order valence-electron chi connectivity index (χ4n) is 1.13. The van der Waals surface area contributed by atoms with Crippen molar-refractivity contribution in [1.29, 1.82) is 0 Å². The summed E-state index contributed by atoms with van der Waals surface area (Å²) in [6, 6.07) is 0. The Bertz CT molecular complexity index is 348. The molecule has 0 fully saturated rings. The predicted molar refractivity (Wildman–Crippen MR) is 67.7 cm³/mol. The second kappa shape index (κ2) is 6.44. The van der Waals surface area contributed by atoms with Gasteiger partial charge in [-0.15, -0.1) is 0 Å². The first kappa shape index (κ1) is 16.5. The summed E-state index contributed by atoms with van der Waals surface area (Å²) >= 11 is 0. The van der Waals surface area contributed by atoms with E-state index < -0.39 is 20.7 Å². The molecular weight excluding hydrogens is 266 g/mol. The summed E-state index contributed by atoms with van der Waals surface area (Å²) in [6.45, 7) is 7.93. The molecule has 0 spiro atoms. The summed E-state index contributed by atoms with van der Waals surface area (Å²) in [5.74, 6) is -0.145.